The van der Waals surface area contributed by atoms with Gasteiger partial charge in [-0.1, -0.05) is 0 Å². The second-order valence-electron chi connectivity index (χ2n) is 5.24. The highest BCUT2D eigenvalue weighted by Crippen LogP contribution is 2.49. The van der Waals surface area contributed by atoms with Crippen LogP contribution in [0.5, 0.6) is 5.75 Å². The number of hydrogen-bond donors (Lipinski definition) is 1. The molecule has 2 rings (SSSR count). The predicted molar refractivity (Wildman–Crippen MR) is 76.3 cm³/mol. The highest BCUT2D eigenvalue weighted by molar-refractivity contribution is 5.64. The Kier molecular flexibility index (Phi) is 4.44. The summed E-state index contributed by atoms with van der Waals surface area (Å²) in [6.45, 7) is 1.47. The average molecular weight is 280 g/mol. The van der Waals surface area contributed by atoms with E-state index in [2.05, 4.69) is 5.32 Å². The van der Waals surface area contributed by atoms with Crippen molar-refractivity contribution < 1.29 is 14.4 Å². The first-order valence-electron chi connectivity index (χ1n) is 6.65. The van der Waals surface area contributed by atoms with Gasteiger partial charge in [0, 0.05) is 20.3 Å². The molecule has 20 heavy (non-hydrogen) atoms. The van der Waals surface area contributed by atoms with Gasteiger partial charge in [-0.2, -0.15) is 0 Å². The standard InChI is InChI=1S/C14H20N2O4/c1-19-8-7-14(5-6-14)10-15-12-4-3-11(20-2)9-13(12)16(17)18/h3-4,9,15H,5-8,10H2,1-2H3. The lowest BCUT2D eigenvalue weighted by atomic mass is 10.0. The van der Waals surface area contributed by atoms with E-state index < -0.39 is 0 Å². The van der Waals surface area contributed by atoms with Crippen molar-refractivity contribution in [1.29, 1.82) is 0 Å². The summed E-state index contributed by atoms with van der Waals surface area (Å²) in [7, 11) is 3.19. The molecule has 1 aliphatic carbocycles. The first-order valence-corrected chi connectivity index (χ1v) is 6.65. The SMILES string of the molecule is COCCC1(CNc2ccc(OC)cc2[N+](=O)[O-])CC1. The zero-order chi connectivity index (χ0) is 14.6. The van der Waals surface area contributed by atoms with Crippen molar-refractivity contribution in [1.82, 2.24) is 0 Å². The second kappa shape index (κ2) is 6.09. The maximum Gasteiger partial charge on any atom is 0.296 e. The predicted octanol–water partition coefficient (Wildman–Crippen LogP) is 2.83. The van der Waals surface area contributed by atoms with Crippen LogP contribution in [0.1, 0.15) is 19.3 Å². The topological polar surface area (TPSA) is 73.6 Å². The zero-order valence-electron chi connectivity index (χ0n) is 11.8. The van der Waals surface area contributed by atoms with E-state index in [9.17, 15) is 10.1 Å². The number of nitrogens with zero attached hydrogens (tertiary/aromatic N) is 1. The number of anilines is 1. The number of nitro benzene ring substituents is 1. The van der Waals surface area contributed by atoms with Crippen LogP contribution >= 0.6 is 0 Å². The van der Waals surface area contributed by atoms with Gasteiger partial charge in [-0.3, -0.25) is 10.1 Å². The van der Waals surface area contributed by atoms with Crippen molar-refractivity contribution in [3.63, 3.8) is 0 Å². The fourth-order valence-corrected chi connectivity index (χ4v) is 2.23. The van der Waals surface area contributed by atoms with Crippen LogP contribution in [-0.2, 0) is 4.74 Å². The molecule has 0 atom stereocenters. The number of ether oxygens (including phenoxy) is 2. The maximum absolute atomic E-state index is 11.1. The molecule has 0 aromatic heterocycles. The number of hydrogen-bond acceptors (Lipinski definition) is 5. The van der Waals surface area contributed by atoms with Gasteiger partial charge in [0.15, 0.2) is 0 Å². The van der Waals surface area contributed by atoms with E-state index in [0.29, 0.717) is 11.4 Å². The molecule has 0 heterocycles. The fourth-order valence-electron chi connectivity index (χ4n) is 2.23. The number of rotatable bonds is 8. The Labute approximate surface area is 118 Å². The van der Waals surface area contributed by atoms with Crippen LogP contribution in [-0.4, -0.2) is 32.3 Å². The van der Waals surface area contributed by atoms with Crippen LogP contribution in [0.2, 0.25) is 0 Å². The third-order valence-corrected chi connectivity index (χ3v) is 3.85. The minimum Gasteiger partial charge on any atom is -0.496 e. The monoisotopic (exact) mass is 280 g/mol. The minimum atomic E-state index is -0.389. The highest BCUT2D eigenvalue weighted by atomic mass is 16.6. The van der Waals surface area contributed by atoms with E-state index in [-0.39, 0.29) is 16.0 Å². The summed E-state index contributed by atoms with van der Waals surface area (Å²) < 4.78 is 10.1. The number of methoxy groups -OCH3 is 2. The Morgan fingerprint density at radius 2 is 2.15 bits per heavy atom. The van der Waals surface area contributed by atoms with Crippen LogP contribution < -0.4 is 10.1 Å². The summed E-state index contributed by atoms with van der Waals surface area (Å²) in [5, 5.41) is 14.3. The van der Waals surface area contributed by atoms with Gasteiger partial charge in [-0.05, 0) is 36.8 Å². The molecule has 0 saturated heterocycles. The molecule has 0 radical (unpaired) electrons. The summed E-state index contributed by atoms with van der Waals surface area (Å²) in [5.41, 5.74) is 0.829. The van der Waals surface area contributed by atoms with E-state index >= 15 is 0 Å². The molecule has 1 aromatic carbocycles. The van der Waals surface area contributed by atoms with Crippen molar-refractivity contribution in [2.45, 2.75) is 19.3 Å². The fraction of sp³-hybridized carbons (Fsp3) is 0.571. The van der Waals surface area contributed by atoms with Gasteiger partial charge < -0.3 is 14.8 Å². The van der Waals surface area contributed by atoms with Gasteiger partial charge in [0.2, 0.25) is 0 Å². The Morgan fingerprint density at radius 3 is 2.70 bits per heavy atom. The molecule has 1 aromatic rings. The molecule has 0 spiro atoms. The first-order chi connectivity index (χ1) is 9.60. The summed E-state index contributed by atoms with van der Waals surface area (Å²) in [6.07, 6.45) is 3.28. The first kappa shape index (κ1) is 14.6. The van der Waals surface area contributed by atoms with E-state index in [1.165, 1.54) is 13.2 Å². The maximum atomic E-state index is 11.1. The van der Waals surface area contributed by atoms with Gasteiger partial charge >= 0.3 is 0 Å². The van der Waals surface area contributed by atoms with Crippen molar-refractivity contribution >= 4 is 11.4 Å². The molecule has 0 unspecified atom stereocenters. The van der Waals surface area contributed by atoms with Crippen LogP contribution in [0.3, 0.4) is 0 Å². The Balaban J connectivity index is 2.04. The van der Waals surface area contributed by atoms with Crippen LogP contribution in [0.15, 0.2) is 18.2 Å². The third-order valence-electron chi connectivity index (χ3n) is 3.85. The van der Waals surface area contributed by atoms with Crippen molar-refractivity contribution in [3.05, 3.63) is 28.3 Å². The summed E-state index contributed by atoms with van der Waals surface area (Å²) in [4.78, 5) is 10.7. The van der Waals surface area contributed by atoms with Crippen LogP contribution in [0, 0.1) is 15.5 Å². The van der Waals surface area contributed by atoms with Gasteiger partial charge in [-0.15, -0.1) is 0 Å². The Morgan fingerprint density at radius 1 is 1.40 bits per heavy atom. The minimum absolute atomic E-state index is 0.0480. The zero-order valence-corrected chi connectivity index (χ0v) is 11.8. The third kappa shape index (κ3) is 3.39. The highest BCUT2D eigenvalue weighted by Gasteiger charge is 2.42. The molecule has 0 amide bonds. The number of nitro groups is 1. The normalized spacial score (nSPS) is 15.7. The van der Waals surface area contributed by atoms with Crippen molar-refractivity contribution in [2.24, 2.45) is 5.41 Å². The van der Waals surface area contributed by atoms with Crippen LogP contribution in [0.4, 0.5) is 11.4 Å². The van der Waals surface area contributed by atoms with Gasteiger partial charge in [0.05, 0.1) is 18.1 Å². The summed E-state index contributed by atoms with van der Waals surface area (Å²) >= 11 is 0. The van der Waals surface area contributed by atoms with Crippen molar-refractivity contribution in [3.8, 4) is 5.75 Å². The number of nitrogens with one attached hydrogen (secondary N) is 1. The number of benzene rings is 1. The summed E-state index contributed by atoms with van der Waals surface area (Å²) in [6, 6.07) is 4.87. The van der Waals surface area contributed by atoms with E-state index in [1.54, 1.807) is 19.2 Å². The lowest BCUT2D eigenvalue weighted by Gasteiger charge is -2.16. The lowest BCUT2D eigenvalue weighted by molar-refractivity contribution is -0.384. The molecule has 1 aliphatic rings. The Bertz CT molecular complexity index is 486. The molecule has 0 bridgehead atoms. The molecular formula is C14H20N2O4. The average Bonchev–Trinajstić information content (AvgIpc) is 3.23. The van der Waals surface area contributed by atoms with E-state index in [1.807, 2.05) is 0 Å². The second-order valence-corrected chi connectivity index (χ2v) is 5.24. The molecule has 1 saturated carbocycles. The van der Waals surface area contributed by atoms with Gasteiger partial charge in [-0.25, -0.2) is 0 Å². The van der Waals surface area contributed by atoms with Gasteiger partial charge in [0.25, 0.3) is 5.69 Å². The van der Waals surface area contributed by atoms with E-state index in [4.69, 9.17) is 9.47 Å². The van der Waals surface area contributed by atoms with E-state index in [0.717, 1.165) is 32.4 Å². The smallest absolute Gasteiger partial charge is 0.296 e. The van der Waals surface area contributed by atoms with Gasteiger partial charge in [0.1, 0.15) is 11.4 Å². The Hall–Kier alpha value is -1.82. The molecule has 110 valence electrons. The summed E-state index contributed by atoms with van der Waals surface area (Å²) in [5.74, 6) is 0.489. The molecule has 1 N–H and O–H groups in total. The molecule has 0 aliphatic heterocycles. The molecule has 1 fully saturated rings. The van der Waals surface area contributed by atoms with Crippen LogP contribution in [0.25, 0.3) is 0 Å². The molecule has 6 nitrogen and oxygen atoms in total. The molecule has 6 heteroatoms. The van der Waals surface area contributed by atoms with Crippen molar-refractivity contribution in [2.75, 3.05) is 32.7 Å². The molecular weight excluding hydrogens is 260 g/mol. The lowest BCUT2D eigenvalue weighted by Crippen LogP contribution is -2.17. The quantitative estimate of drug-likeness (QED) is 0.585. The largest absolute Gasteiger partial charge is 0.496 e.